The third-order valence-corrected chi connectivity index (χ3v) is 14.0. The molecule has 0 aliphatic carbocycles. The third kappa shape index (κ3) is 12.2. The Kier molecular flexibility index (Phi) is 11.1. The van der Waals surface area contributed by atoms with Crippen molar-refractivity contribution in [3.63, 3.8) is 0 Å². The van der Waals surface area contributed by atoms with Gasteiger partial charge in [-0.1, -0.05) is 0 Å². The van der Waals surface area contributed by atoms with Gasteiger partial charge >= 0.3 is 175 Å². The van der Waals surface area contributed by atoms with Crippen LogP contribution in [0.3, 0.4) is 0 Å². The Morgan fingerprint density at radius 1 is 0.556 bits per heavy atom. The van der Waals surface area contributed by atoms with E-state index in [9.17, 15) is 0 Å². The van der Waals surface area contributed by atoms with Crippen molar-refractivity contribution in [3.8, 4) is 0 Å². The second-order valence-corrected chi connectivity index (χ2v) is 17.0. The van der Waals surface area contributed by atoms with Crippen LogP contribution in [0.2, 0.25) is 0 Å². The fraction of sp³-hybridized carbons (Fsp3) is 1.00. The molecule has 0 unspecified atom stereocenters. The van der Waals surface area contributed by atoms with Gasteiger partial charge in [0.05, 0.1) is 0 Å². The van der Waals surface area contributed by atoms with Crippen LogP contribution in [-0.2, 0) is 46.2 Å². The molecule has 27 heavy (non-hydrogen) atoms. The van der Waals surface area contributed by atoms with E-state index in [0.29, 0.717) is 19.8 Å². The number of hydrogen-bond donors (Lipinski definition) is 0. The van der Waals surface area contributed by atoms with E-state index in [0.717, 1.165) is 0 Å². The monoisotopic (exact) mass is 488 g/mol. The average Bonchev–Trinajstić information content (AvgIpc) is 2.31. The summed E-state index contributed by atoms with van der Waals surface area (Å²) in [6, 6.07) is 0. The quantitative estimate of drug-likeness (QED) is 0.386. The molecular weight excluding hydrogens is 448 g/mol. The van der Waals surface area contributed by atoms with Crippen LogP contribution in [0, 0.1) is 0 Å². The SMILES string of the molecule is CC[O][Zr]([O]CC)([O]CC)[O][Si](OC(C)(C)C)(OC(C)(C)C)OC(C)(C)C. The van der Waals surface area contributed by atoms with Gasteiger partial charge in [0.15, 0.2) is 0 Å². The van der Waals surface area contributed by atoms with Gasteiger partial charge in [0.1, 0.15) is 0 Å². The van der Waals surface area contributed by atoms with Crippen LogP contribution < -0.4 is 0 Å². The van der Waals surface area contributed by atoms with Crippen molar-refractivity contribution in [1.29, 1.82) is 0 Å². The predicted octanol–water partition coefficient (Wildman–Crippen LogP) is 4.81. The molecule has 0 spiro atoms. The summed E-state index contributed by atoms with van der Waals surface area (Å²) in [6.07, 6.45) is 0. The molecule has 0 rings (SSSR count). The summed E-state index contributed by atoms with van der Waals surface area (Å²) in [6.45, 7) is 24.3. The van der Waals surface area contributed by atoms with E-state index in [1.165, 1.54) is 0 Å². The Labute approximate surface area is 174 Å². The molecule has 7 nitrogen and oxygen atoms in total. The maximum atomic E-state index is 6.49. The van der Waals surface area contributed by atoms with Gasteiger partial charge in [-0.25, -0.2) is 0 Å². The van der Waals surface area contributed by atoms with Crippen molar-refractivity contribution in [3.05, 3.63) is 0 Å². The number of hydrogen-bond acceptors (Lipinski definition) is 7. The summed E-state index contributed by atoms with van der Waals surface area (Å²) >= 11 is -4.45. The van der Waals surface area contributed by atoms with Crippen molar-refractivity contribution >= 4 is 9.05 Å². The molecule has 0 amide bonds. The third-order valence-electron chi connectivity index (χ3n) is 2.51. The van der Waals surface area contributed by atoms with Gasteiger partial charge < -0.3 is 0 Å². The molecule has 9 heteroatoms. The van der Waals surface area contributed by atoms with Crippen LogP contribution in [0.4, 0.5) is 0 Å². The summed E-state index contributed by atoms with van der Waals surface area (Å²) in [5, 5.41) is 0. The molecule has 0 saturated heterocycles. The second kappa shape index (κ2) is 10.7. The average molecular weight is 490 g/mol. The van der Waals surface area contributed by atoms with Crippen LogP contribution in [0.25, 0.3) is 0 Å². The molecule has 0 saturated carbocycles. The molecule has 0 atom stereocenters. The van der Waals surface area contributed by atoms with Gasteiger partial charge in [-0.15, -0.1) is 0 Å². The molecule has 0 aromatic carbocycles. The molecule has 0 aliphatic heterocycles. The van der Waals surface area contributed by atoms with Crippen molar-refractivity contribution in [1.82, 2.24) is 0 Å². The van der Waals surface area contributed by atoms with Gasteiger partial charge in [0, 0.05) is 0 Å². The summed E-state index contributed by atoms with van der Waals surface area (Å²) in [4.78, 5) is 0. The molecule has 0 aromatic rings. The number of rotatable bonds is 11. The first-order chi connectivity index (χ1) is 12.0. The van der Waals surface area contributed by atoms with E-state index in [1.54, 1.807) is 0 Å². The van der Waals surface area contributed by atoms with Crippen molar-refractivity contribution in [2.75, 3.05) is 19.8 Å². The standard InChI is InChI=1S/C12H27O4Si.3C2H5O.Zr/c1-10(2,3)14-17(13,15-11(4,5)6)16-12(7,8)9;3*1-2-3;/h1-9H3;3*2H2,1H3;/q4*-1;+4. The van der Waals surface area contributed by atoms with E-state index in [-0.39, 0.29) is 0 Å². The Hall–Kier alpha value is 0.820. The van der Waals surface area contributed by atoms with E-state index in [2.05, 4.69) is 0 Å². The van der Waals surface area contributed by atoms with Gasteiger partial charge in [-0.3, -0.25) is 0 Å². The topological polar surface area (TPSA) is 64.6 Å². The summed E-state index contributed by atoms with van der Waals surface area (Å²) in [5.41, 5.74) is -1.69. The fourth-order valence-corrected chi connectivity index (χ4v) is 12.8. The zero-order chi connectivity index (χ0) is 21.6. The van der Waals surface area contributed by atoms with E-state index < -0.39 is 47.9 Å². The second-order valence-electron chi connectivity index (χ2n) is 9.04. The van der Waals surface area contributed by atoms with Crippen LogP contribution in [0.5, 0.6) is 0 Å². The fourth-order valence-electron chi connectivity index (χ4n) is 2.15. The Balaban J connectivity index is 6.27. The molecule has 0 aliphatic rings. The van der Waals surface area contributed by atoms with Gasteiger partial charge in [-0.2, -0.15) is 0 Å². The molecule has 0 fully saturated rings. The molecule has 0 N–H and O–H groups in total. The molecule has 0 radical (unpaired) electrons. The summed E-state index contributed by atoms with van der Waals surface area (Å²) in [7, 11) is -3.73. The van der Waals surface area contributed by atoms with E-state index in [4.69, 9.17) is 24.2 Å². The molecule has 0 bridgehead atoms. The Bertz CT molecular complexity index is 369. The Morgan fingerprint density at radius 3 is 1.00 bits per heavy atom. The van der Waals surface area contributed by atoms with Crippen LogP contribution in [-0.4, -0.2) is 45.7 Å². The molecule has 164 valence electrons. The normalized spacial score (nSPS) is 14.7. The zero-order valence-electron chi connectivity index (χ0n) is 19.5. The molecule has 0 aromatic heterocycles. The van der Waals surface area contributed by atoms with Gasteiger partial charge in [0.2, 0.25) is 0 Å². The van der Waals surface area contributed by atoms with E-state index in [1.807, 2.05) is 83.1 Å². The van der Waals surface area contributed by atoms with Crippen molar-refractivity contribution in [2.24, 2.45) is 0 Å². The van der Waals surface area contributed by atoms with Crippen molar-refractivity contribution in [2.45, 2.75) is 99.9 Å². The van der Waals surface area contributed by atoms with Crippen molar-refractivity contribution < 1.29 is 46.2 Å². The first kappa shape index (κ1) is 27.8. The van der Waals surface area contributed by atoms with Gasteiger partial charge in [-0.05, 0) is 0 Å². The van der Waals surface area contributed by atoms with Crippen LogP contribution in [0.15, 0.2) is 0 Å². The predicted molar refractivity (Wildman–Crippen MR) is 104 cm³/mol. The minimum absolute atomic E-state index is 0.404. The molecular formula is C18H42O7SiZr. The van der Waals surface area contributed by atoms with Crippen LogP contribution >= 0.6 is 0 Å². The van der Waals surface area contributed by atoms with Crippen LogP contribution in [0.1, 0.15) is 83.1 Å². The summed E-state index contributed by atoms with van der Waals surface area (Å²) in [5.74, 6) is 0. The first-order valence-electron chi connectivity index (χ1n) is 9.73. The molecule has 0 heterocycles. The van der Waals surface area contributed by atoms with E-state index >= 15 is 0 Å². The van der Waals surface area contributed by atoms with Gasteiger partial charge in [0.25, 0.3) is 0 Å². The minimum atomic E-state index is -4.45. The Morgan fingerprint density at radius 2 is 0.815 bits per heavy atom. The zero-order valence-corrected chi connectivity index (χ0v) is 22.9. The first-order valence-corrected chi connectivity index (χ1v) is 15.4. The summed E-state index contributed by atoms with van der Waals surface area (Å²) < 4.78 is 43.4. The maximum absolute atomic E-state index is 6.49.